The number of anilines is 1. The molecule has 0 saturated heterocycles. The van der Waals surface area contributed by atoms with Crippen molar-refractivity contribution in [2.45, 2.75) is 6.92 Å². The summed E-state index contributed by atoms with van der Waals surface area (Å²) in [7, 11) is 4.04. The van der Waals surface area contributed by atoms with Crippen LogP contribution in [0.1, 0.15) is 6.92 Å². The average molecular weight is 244 g/mol. The highest BCUT2D eigenvalue weighted by Gasteiger charge is 2.08. The summed E-state index contributed by atoms with van der Waals surface area (Å²) in [6.45, 7) is 4.20. The molecule has 0 saturated carbocycles. The lowest BCUT2D eigenvalue weighted by molar-refractivity contribution is 0.541. The highest BCUT2D eigenvalue weighted by molar-refractivity contribution is 5.75. The summed E-state index contributed by atoms with van der Waals surface area (Å²) in [4.78, 5) is 11.2. The lowest BCUT2D eigenvalue weighted by Gasteiger charge is -2.22. The topological polar surface area (TPSA) is 41.0 Å². The van der Waals surface area contributed by atoms with Gasteiger partial charge < -0.3 is 10.2 Å². The Bertz CT molecular complexity index is 512. The molecule has 0 amide bonds. The molecule has 2 rings (SSSR count). The van der Waals surface area contributed by atoms with E-state index in [-0.39, 0.29) is 0 Å². The molecular formula is C14H20N4. The molecule has 0 spiro atoms. The highest BCUT2D eigenvalue weighted by Crippen LogP contribution is 2.14. The van der Waals surface area contributed by atoms with Crippen molar-refractivity contribution in [3.05, 3.63) is 30.5 Å². The molecule has 4 nitrogen and oxygen atoms in total. The molecule has 0 aliphatic heterocycles. The van der Waals surface area contributed by atoms with E-state index in [9.17, 15) is 0 Å². The monoisotopic (exact) mass is 244 g/mol. The van der Waals surface area contributed by atoms with Gasteiger partial charge in [-0.1, -0.05) is 19.1 Å². The van der Waals surface area contributed by atoms with E-state index in [1.54, 1.807) is 0 Å². The van der Waals surface area contributed by atoms with E-state index < -0.39 is 0 Å². The Morgan fingerprint density at radius 2 is 2.00 bits per heavy atom. The molecular weight excluding hydrogens is 224 g/mol. The molecule has 96 valence electrons. The van der Waals surface area contributed by atoms with E-state index in [0.29, 0.717) is 5.92 Å². The van der Waals surface area contributed by atoms with Gasteiger partial charge in [0, 0.05) is 13.6 Å². The summed E-state index contributed by atoms with van der Waals surface area (Å²) in [6.07, 6.45) is 1.84. The maximum atomic E-state index is 4.63. The number of aromatic nitrogens is 2. The van der Waals surface area contributed by atoms with Crippen LogP contribution in [-0.4, -0.2) is 37.2 Å². The minimum Gasteiger partial charge on any atom is -0.358 e. The normalized spacial score (nSPS) is 12.6. The zero-order valence-electron chi connectivity index (χ0n) is 11.2. The number of hydrogen-bond acceptors (Lipinski definition) is 4. The quantitative estimate of drug-likeness (QED) is 0.872. The van der Waals surface area contributed by atoms with Crippen molar-refractivity contribution in [3.63, 3.8) is 0 Å². The summed E-state index contributed by atoms with van der Waals surface area (Å²) in [6, 6.07) is 7.95. The van der Waals surface area contributed by atoms with Gasteiger partial charge in [0.2, 0.25) is 0 Å². The maximum absolute atomic E-state index is 4.63. The molecule has 1 unspecified atom stereocenters. The van der Waals surface area contributed by atoms with E-state index in [1.165, 1.54) is 0 Å². The molecule has 2 aromatic rings. The zero-order chi connectivity index (χ0) is 13.0. The van der Waals surface area contributed by atoms with E-state index in [4.69, 9.17) is 0 Å². The van der Waals surface area contributed by atoms with Crippen LogP contribution < -0.4 is 10.2 Å². The molecule has 0 radical (unpaired) electrons. The van der Waals surface area contributed by atoms with Gasteiger partial charge in [-0.3, -0.25) is 4.98 Å². The van der Waals surface area contributed by atoms with E-state index in [1.807, 2.05) is 37.5 Å². The van der Waals surface area contributed by atoms with Crippen LogP contribution in [0, 0.1) is 5.92 Å². The van der Waals surface area contributed by atoms with Crippen molar-refractivity contribution in [2.75, 3.05) is 32.1 Å². The summed E-state index contributed by atoms with van der Waals surface area (Å²) >= 11 is 0. The smallest absolute Gasteiger partial charge is 0.147 e. The fraction of sp³-hybridized carbons (Fsp3) is 0.429. The maximum Gasteiger partial charge on any atom is 0.147 e. The first-order chi connectivity index (χ1) is 8.70. The number of para-hydroxylation sites is 2. The molecule has 1 N–H and O–H groups in total. The minimum absolute atomic E-state index is 0.577. The standard InChI is InChI=1S/C14H20N4/c1-11(8-15-2)10-18(3)14-9-16-12-6-4-5-7-13(12)17-14/h4-7,9,11,15H,8,10H2,1-3H3. The van der Waals surface area contributed by atoms with E-state index in [0.717, 1.165) is 29.9 Å². The second-order valence-corrected chi connectivity index (χ2v) is 4.76. The fourth-order valence-corrected chi connectivity index (χ4v) is 2.11. The molecule has 1 heterocycles. The van der Waals surface area contributed by atoms with Crippen LogP contribution >= 0.6 is 0 Å². The molecule has 1 atom stereocenters. The lowest BCUT2D eigenvalue weighted by atomic mass is 10.1. The summed E-state index contributed by atoms with van der Waals surface area (Å²) in [5, 5.41) is 3.19. The van der Waals surface area contributed by atoms with Gasteiger partial charge in [-0.2, -0.15) is 0 Å². The first-order valence-electron chi connectivity index (χ1n) is 6.28. The number of rotatable bonds is 5. The average Bonchev–Trinajstić information content (AvgIpc) is 2.38. The molecule has 0 aliphatic carbocycles. The minimum atomic E-state index is 0.577. The number of benzene rings is 1. The third kappa shape index (κ3) is 2.96. The number of nitrogens with one attached hydrogen (secondary N) is 1. The van der Waals surface area contributed by atoms with Crippen LogP contribution in [0.25, 0.3) is 11.0 Å². The van der Waals surface area contributed by atoms with Gasteiger partial charge in [0.15, 0.2) is 0 Å². The molecule has 0 aliphatic rings. The number of nitrogens with zero attached hydrogens (tertiary/aromatic N) is 3. The summed E-state index contributed by atoms with van der Waals surface area (Å²) in [5.74, 6) is 1.50. The predicted molar refractivity (Wildman–Crippen MR) is 75.9 cm³/mol. The van der Waals surface area contributed by atoms with Gasteiger partial charge in [0.1, 0.15) is 5.82 Å². The molecule has 18 heavy (non-hydrogen) atoms. The van der Waals surface area contributed by atoms with Crippen molar-refractivity contribution in [3.8, 4) is 0 Å². The summed E-state index contributed by atoms with van der Waals surface area (Å²) in [5.41, 5.74) is 1.89. The predicted octanol–water partition coefficient (Wildman–Crippen LogP) is 1.92. The van der Waals surface area contributed by atoms with Gasteiger partial charge in [0.05, 0.1) is 17.2 Å². The Balaban J connectivity index is 2.15. The molecule has 0 bridgehead atoms. The van der Waals surface area contributed by atoms with Crippen LogP contribution in [0.3, 0.4) is 0 Å². The van der Waals surface area contributed by atoms with Crippen LogP contribution in [-0.2, 0) is 0 Å². The van der Waals surface area contributed by atoms with Crippen molar-refractivity contribution in [2.24, 2.45) is 5.92 Å². The number of fused-ring (bicyclic) bond motifs is 1. The first kappa shape index (κ1) is 12.8. The largest absolute Gasteiger partial charge is 0.358 e. The molecule has 4 heteroatoms. The Labute approximate surface area is 108 Å². The van der Waals surface area contributed by atoms with Gasteiger partial charge in [-0.05, 0) is 31.6 Å². The second-order valence-electron chi connectivity index (χ2n) is 4.76. The molecule has 1 aromatic carbocycles. The highest BCUT2D eigenvalue weighted by atomic mass is 15.2. The molecule has 1 aromatic heterocycles. The van der Waals surface area contributed by atoms with Gasteiger partial charge in [-0.15, -0.1) is 0 Å². The van der Waals surface area contributed by atoms with Crippen molar-refractivity contribution in [1.29, 1.82) is 0 Å². The van der Waals surface area contributed by atoms with E-state index >= 15 is 0 Å². The fourth-order valence-electron chi connectivity index (χ4n) is 2.11. The Morgan fingerprint density at radius 3 is 2.72 bits per heavy atom. The van der Waals surface area contributed by atoms with Crippen LogP contribution in [0.4, 0.5) is 5.82 Å². The van der Waals surface area contributed by atoms with Crippen molar-refractivity contribution >= 4 is 16.9 Å². The van der Waals surface area contributed by atoms with Crippen LogP contribution in [0.2, 0.25) is 0 Å². The van der Waals surface area contributed by atoms with Gasteiger partial charge >= 0.3 is 0 Å². The lowest BCUT2D eigenvalue weighted by Crippen LogP contribution is -2.30. The Morgan fingerprint density at radius 1 is 1.28 bits per heavy atom. The third-order valence-corrected chi connectivity index (χ3v) is 2.97. The Hall–Kier alpha value is -1.68. The Kier molecular flexibility index (Phi) is 4.10. The van der Waals surface area contributed by atoms with Crippen LogP contribution in [0.5, 0.6) is 0 Å². The first-order valence-corrected chi connectivity index (χ1v) is 6.28. The zero-order valence-corrected chi connectivity index (χ0v) is 11.2. The number of hydrogen-bond donors (Lipinski definition) is 1. The van der Waals surface area contributed by atoms with Crippen LogP contribution in [0.15, 0.2) is 30.5 Å². The summed E-state index contributed by atoms with van der Waals surface area (Å²) < 4.78 is 0. The molecule has 0 fully saturated rings. The van der Waals surface area contributed by atoms with Crippen molar-refractivity contribution < 1.29 is 0 Å². The van der Waals surface area contributed by atoms with E-state index in [2.05, 4.69) is 34.2 Å². The second kappa shape index (κ2) is 5.78. The van der Waals surface area contributed by atoms with Gasteiger partial charge in [-0.25, -0.2) is 4.98 Å². The third-order valence-electron chi connectivity index (χ3n) is 2.97. The van der Waals surface area contributed by atoms with Crippen molar-refractivity contribution in [1.82, 2.24) is 15.3 Å². The SMILES string of the molecule is CNCC(C)CN(C)c1cnc2ccccc2n1. The van der Waals surface area contributed by atoms with Gasteiger partial charge in [0.25, 0.3) is 0 Å².